The number of carbonyl (C=O) groups is 1. The Labute approximate surface area is 158 Å². The summed E-state index contributed by atoms with van der Waals surface area (Å²) >= 11 is 1.61. The SMILES string of the molecule is C=CCN(Cc1cccs1)C(=O)CN(C)C1CS(=O)(=O)c2ccccc21. The number of rotatable bonds is 7. The van der Waals surface area contributed by atoms with Crippen LogP contribution in [0.2, 0.25) is 0 Å². The highest BCUT2D eigenvalue weighted by atomic mass is 32.2. The largest absolute Gasteiger partial charge is 0.333 e. The molecule has 1 aliphatic heterocycles. The van der Waals surface area contributed by atoms with Gasteiger partial charge in [0.1, 0.15) is 0 Å². The summed E-state index contributed by atoms with van der Waals surface area (Å²) in [7, 11) is -1.49. The molecule has 7 heteroatoms. The normalized spacial score (nSPS) is 17.8. The standard InChI is InChI=1S/C19H22N2O3S2/c1-3-10-21(12-15-7-6-11-25-15)19(22)13-20(2)17-14-26(23,24)18-9-5-4-8-16(17)18/h3-9,11,17H,1,10,12-14H2,2H3. The maximum absolute atomic E-state index is 12.8. The number of hydrogen-bond acceptors (Lipinski definition) is 5. The van der Waals surface area contributed by atoms with Gasteiger partial charge < -0.3 is 4.90 Å². The number of benzene rings is 1. The molecule has 138 valence electrons. The van der Waals surface area contributed by atoms with E-state index in [9.17, 15) is 13.2 Å². The number of nitrogens with zero attached hydrogens (tertiary/aromatic N) is 2. The Morgan fingerprint density at radius 1 is 1.31 bits per heavy atom. The van der Waals surface area contributed by atoms with Gasteiger partial charge in [0.25, 0.3) is 0 Å². The van der Waals surface area contributed by atoms with Gasteiger partial charge in [-0.15, -0.1) is 17.9 Å². The molecule has 2 aromatic rings. The summed E-state index contributed by atoms with van der Waals surface area (Å²) < 4.78 is 24.7. The predicted molar refractivity (Wildman–Crippen MR) is 104 cm³/mol. The second-order valence-corrected chi connectivity index (χ2v) is 9.43. The first-order valence-electron chi connectivity index (χ1n) is 8.35. The van der Waals surface area contributed by atoms with E-state index in [1.165, 1.54) is 0 Å². The Hall–Kier alpha value is -1.96. The molecule has 0 spiro atoms. The highest BCUT2D eigenvalue weighted by Crippen LogP contribution is 2.36. The number of carbonyl (C=O) groups excluding carboxylic acids is 1. The molecule has 3 rings (SSSR count). The van der Waals surface area contributed by atoms with Crippen LogP contribution in [0.25, 0.3) is 0 Å². The van der Waals surface area contributed by atoms with E-state index >= 15 is 0 Å². The molecule has 1 unspecified atom stereocenters. The van der Waals surface area contributed by atoms with Crippen molar-refractivity contribution in [1.29, 1.82) is 0 Å². The third-order valence-corrected chi connectivity index (χ3v) is 7.19. The van der Waals surface area contributed by atoms with Crippen LogP contribution in [0, 0.1) is 0 Å². The summed E-state index contributed by atoms with van der Waals surface area (Å²) in [6.45, 7) is 4.89. The molecular formula is C19H22N2O3S2. The van der Waals surface area contributed by atoms with Gasteiger partial charge in [-0.1, -0.05) is 30.3 Å². The molecule has 0 bridgehead atoms. The number of hydrogen-bond donors (Lipinski definition) is 0. The molecule has 1 aromatic heterocycles. The molecule has 0 saturated carbocycles. The first-order chi connectivity index (χ1) is 12.4. The smallest absolute Gasteiger partial charge is 0.237 e. The first kappa shape index (κ1) is 18.8. The minimum atomic E-state index is -3.29. The number of amides is 1. The Morgan fingerprint density at radius 3 is 2.77 bits per heavy atom. The van der Waals surface area contributed by atoms with Gasteiger partial charge in [0, 0.05) is 11.4 Å². The Morgan fingerprint density at radius 2 is 2.08 bits per heavy atom. The van der Waals surface area contributed by atoms with Crippen LogP contribution >= 0.6 is 11.3 Å². The van der Waals surface area contributed by atoms with Crippen molar-refractivity contribution in [3.8, 4) is 0 Å². The highest BCUT2D eigenvalue weighted by molar-refractivity contribution is 7.91. The average molecular weight is 391 g/mol. The zero-order valence-electron chi connectivity index (χ0n) is 14.7. The molecule has 2 heterocycles. The summed E-state index contributed by atoms with van der Waals surface area (Å²) in [5.74, 6) is -0.0229. The monoisotopic (exact) mass is 390 g/mol. The quantitative estimate of drug-likeness (QED) is 0.682. The van der Waals surface area contributed by atoms with Crippen LogP contribution in [0.5, 0.6) is 0 Å². The lowest BCUT2D eigenvalue weighted by Gasteiger charge is -2.27. The van der Waals surface area contributed by atoms with Crippen molar-refractivity contribution in [2.24, 2.45) is 0 Å². The number of fused-ring (bicyclic) bond motifs is 1. The second-order valence-electron chi connectivity index (χ2n) is 6.39. The van der Waals surface area contributed by atoms with Gasteiger partial charge in [-0.2, -0.15) is 0 Å². The molecule has 0 N–H and O–H groups in total. The summed E-state index contributed by atoms with van der Waals surface area (Å²) in [6.07, 6.45) is 1.71. The molecule has 0 aliphatic carbocycles. The molecule has 1 atom stereocenters. The van der Waals surface area contributed by atoms with Crippen LogP contribution in [0.4, 0.5) is 0 Å². The van der Waals surface area contributed by atoms with Crippen LogP contribution in [0.1, 0.15) is 16.5 Å². The van der Waals surface area contributed by atoms with Crippen molar-refractivity contribution in [3.05, 3.63) is 64.9 Å². The third-order valence-electron chi connectivity index (χ3n) is 4.54. The van der Waals surface area contributed by atoms with Gasteiger partial charge in [0.15, 0.2) is 9.84 Å². The van der Waals surface area contributed by atoms with Crippen LogP contribution < -0.4 is 0 Å². The van der Waals surface area contributed by atoms with E-state index in [-0.39, 0.29) is 24.2 Å². The molecule has 0 radical (unpaired) electrons. The van der Waals surface area contributed by atoms with E-state index in [0.717, 1.165) is 10.4 Å². The van der Waals surface area contributed by atoms with E-state index < -0.39 is 9.84 Å². The zero-order chi connectivity index (χ0) is 18.7. The van der Waals surface area contributed by atoms with E-state index in [1.807, 2.05) is 34.5 Å². The lowest BCUT2D eigenvalue weighted by molar-refractivity contribution is -0.132. The number of likely N-dealkylation sites (N-methyl/N-ethyl adjacent to an activating group) is 1. The van der Waals surface area contributed by atoms with Crippen molar-refractivity contribution in [2.45, 2.75) is 17.5 Å². The Balaban J connectivity index is 1.73. The van der Waals surface area contributed by atoms with Crippen molar-refractivity contribution < 1.29 is 13.2 Å². The molecule has 26 heavy (non-hydrogen) atoms. The van der Waals surface area contributed by atoms with E-state index in [4.69, 9.17) is 0 Å². The van der Waals surface area contributed by atoms with Crippen LogP contribution in [0.15, 0.2) is 59.3 Å². The lowest BCUT2D eigenvalue weighted by Crippen LogP contribution is -2.40. The van der Waals surface area contributed by atoms with Crippen molar-refractivity contribution in [2.75, 3.05) is 25.9 Å². The van der Waals surface area contributed by atoms with E-state index in [2.05, 4.69) is 6.58 Å². The van der Waals surface area contributed by atoms with E-state index in [0.29, 0.717) is 18.0 Å². The molecule has 1 aromatic carbocycles. The first-order valence-corrected chi connectivity index (χ1v) is 10.9. The molecule has 1 amide bonds. The second kappa shape index (κ2) is 7.73. The van der Waals surface area contributed by atoms with Crippen LogP contribution in [0.3, 0.4) is 0 Å². The zero-order valence-corrected chi connectivity index (χ0v) is 16.3. The van der Waals surface area contributed by atoms with Gasteiger partial charge in [-0.3, -0.25) is 9.69 Å². The molecule has 0 fully saturated rings. The Kier molecular flexibility index (Phi) is 5.60. The molecule has 1 aliphatic rings. The van der Waals surface area contributed by atoms with Gasteiger partial charge in [-0.05, 0) is 30.1 Å². The maximum atomic E-state index is 12.8. The topological polar surface area (TPSA) is 57.7 Å². The highest BCUT2D eigenvalue weighted by Gasteiger charge is 2.37. The van der Waals surface area contributed by atoms with Crippen LogP contribution in [-0.4, -0.2) is 50.0 Å². The number of thiophene rings is 1. The Bertz CT molecular complexity index is 891. The van der Waals surface area contributed by atoms with Gasteiger partial charge in [-0.25, -0.2) is 8.42 Å². The fraction of sp³-hybridized carbons (Fsp3) is 0.316. The van der Waals surface area contributed by atoms with Crippen molar-refractivity contribution in [3.63, 3.8) is 0 Å². The van der Waals surface area contributed by atoms with Crippen molar-refractivity contribution >= 4 is 27.1 Å². The molecule has 5 nitrogen and oxygen atoms in total. The average Bonchev–Trinajstić information content (AvgIpc) is 3.21. The number of sulfone groups is 1. The summed E-state index contributed by atoms with van der Waals surface area (Å²) in [5.41, 5.74) is 0.774. The lowest BCUT2D eigenvalue weighted by atomic mass is 10.1. The summed E-state index contributed by atoms with van der Waals surface area (Å²) in [4.78, 5) is 17.9. The minimum Gasteiger partial charge on any atom is -0.333 e. The molecule has 0 saturated heterocycles. The van der Waals surface area contributed by atoms with E-state index in [1.54, 1.807) is 41.5 Å². The van der Waals surface area contributed by atoms with Crippen molar-refractivity contribution in [1.82, 2.24) is 9.80 Å². The minimum absolute atomic E-state index is 0.0164. The van der Waals surface area contributed by atoms with Gasteiger partial charge >= 0.3 is 0 Å². The van der Waals surface area contributed by atoms with Gasteiger partial charge in [0.2, 0.25) is 5.91 Å². The maximum Gasteiger partial charge on any atom is 0.237 e. The molecular weight excluding hydrogens is 368 g/mol. The summed E-state index contributed by atoms with van der Waals surface area (Å²) in [6, 6.07) is 10.7. The van der Waals surface area contributed by atoms with Crippen LogP contribution in [-0.2, 0) is 21.2 Å². The fourth-order valence-electron chi connectivity index (χ4n) is 3.22. The van der Waals surface area contributed by atoms with Gasteiger partial charge in [0.05, 0.1) is 29.8 Å². The fourth-order valence-corrected chi connectivity index (χ4v) is 5.81. The predicted octanol–water partition coefficient (Wildman–Crippen LogP) is 2.72. The third kappa shape index (κ3) is 3.90. The summed E-state index contributed by atoms with van der Waals surface area (Å²) in [5, 5.41) is 1.98.